The Kier molecular flexibility index (Phi) is 3.94. The second-order valence-corrected chi connectivity index (χ2v) is 8.41. The van der Waals surface area contributed by atoms with E-state index in [2.05, 4.69) is 67.1 Å². The molecule has 0 aliphatic heterocycles. The summed E-state index contributed by atoms with van der Waals surface area (Å²) in [7, 11) is 0. The SMILES string of the molecule is CC1(C)CCCc2c(-c3cccc(C(C)(C)c4ccccn4)n3)n[nH]c21. The number of aromatic amines is 1. The van der Waals surface area contributed by atoms with Gasteiger partial charge in [-0.05, 0) is 57.4 Å². The zero-order valence-electron chi connectivity index (χ0n) is 16.0. The number of pyridine rings is 2. The van der Waals surface area contributed by atoms with Crippen molar-refractivity contribution in [1.29, 1.82) is 0 Å². The maximum absolute atomic E-state index is 5.00. The molecule has 0 bridgehead atoms. The van der Waals surface area contributed by atoms with Crippen LogP contribution in [0.3, 0.4) is 0 Å². The molecule has 0 saturated carbocycles. The number of hydrogen-bond acceptors (Lipinski definition) is 3. The lowest BCUT2D eigenvalue weighted by atomic mass is 9.76. The summed E-state index contributed by atoms with van der Waals surface area (Å²) in [6.07, 6.45) is 5.31. The van der Waals surface area contributed by atoms with Crippen LogP contribution in [0.4, 0.5) is 0 Å². The Labute approximate surface area is 155 Å². The zero-order valence-corrected chi connectivity index (χ0v) is 16.0. The van der Waals surface area contributed by atoms with Crippen molar-refractivity contribution in [2.45, 2.75) is 57.8 Å². The molecule has 1 aliphatic carbocycles. The topological polar surface area (TPSA) is 54.5 Å². The number of H-pyrrole nitrogens is 1. The minimum Gasteiger partial charge on any atom is -0.281 e. The lowest BCUT2D eigenvalue weighted by molar-refractivity contribution is 0.420. The molecule has 0 fully saturated rings. The lowest BCUT2D eigenvalue weighted by Gasteiger charge is -2.29. The molecule has 0 atom stereocenters. The van der Waals surface area contributed by atoms with Crippen molar-refractivity contribution in [1.82, 2.24) is 20.2 Å². The Bertz CT molecular complexity index is 922. The van der Waals surface area contributed by atoms with Crippen LogP contribution in [0.5, 0.6) is 0 Å². The van der Waals surface area contributed by atoms with Gasteiger partial charge < -0.3 is 0 Å². The van der Waals surface area contributed by atoms with Gasteiger partial charge in [0.25, 0.3) is 0 Å². The van der Waals surface area contributed by atoms with Crippen LogP contribution in [0.1, 0.15) is 63.2 Å². The van der Waals surface area contributed by atoms with Crippen LogP contribution in [0.25, 0.3) is 11.4 Å². The molecule has 3 heterocycles. The van der Waals surface area contributed by atoms with Crippen LogP contribution in [-0.2, 0) is 17.3 Å². The van der Waals surface area contributed by atoms with Crippen molar-refractivity contribution in [3.05, 3.63) is 65.2 Å². The predicted octanol–water partition coefficient (Wildman–Crippen LogP) is 4.81. The van der Waals surface area contributed by atoms with E-state index in [1.54, 1.807) is 0 Å². The molecule has 0 saturated heterocycles. The molecule has 4 nitrogen and oxygen atoms in total. The van der Waals surface area contributed by atoms with E-state index in [9.17, 15) is 0 Å². The smallest absolute Gasteiger partial charge is 0.114 e. The van der Waals surface area contributed by atoms with Crippen molar-refractivity contribution in [2.75, 3.05) is 0 Å². The molecule has 1 aliphatic rings. The molecule has 1 N–H and O–H groups in total. The Hall–Kier alpha value is -2.49. The first-order chi connectivity index (χ1) is 12.4. The number of aromatic nitrogens is 4. The molecule has 26 heavy (non-hydrogen) atoms. The number of rotatable bonds is 3. The third kappa shape index (κ3) is 2.74. The summed E-state index contributed by atoms with van der Waals surface area (Å²) < 4.78 is 0. The second-order valence-electron chi connectivity index (χ2n) is 8.41. The van der Waals surface area contributed by atoms with Crippen LogP contribution in [0.2, 0.25) is 0 Å². The minimum absolute atomic E-state index is 0.156. The molecule has 3 aromatic heterocycles. The second kappa shape index (κ2) is 6.04. The van der Waals surface area contributed by atoms with E-state index in [0.717, 1.165) is 29.2 Å². The van der Waals surface area contributed by atoms with Gasteiger partial charge in [-0.3, -0.25) is 15.1 Å². The maximum Gasteiger partial charge on any atom is 0.114 e. The average Bonchev–Trinajstić information content (AvgIpc) is 3.08. The highest BCUT2D eigenvalue weighted by molar-refractivity contribution is 5.62. The van der Waals surface area contributed by atoms with E-state index in [4.69, 9.17) is 4.98 Å². The molecule has 4 rings (SSSR count). The number of nitrogens with one attached hydrogen (secondary N) is 1. The molecule has 0 aromatic carbocycles. The summed E-state index contributed by atoms with van der Waals surface area (Å²) in [5, 5.41) is 7.96. The fourth-order valence-corrected chi connectivity index (χ4v) is 3.99. The van der Waals surface area contributed by atoms with E-state index < -0.39 is 0 Å². The van der Waals surface area contributed by atoms with Gasteiger partial charge in [-0.15, -0.1) is 0 Å². The van der Waals surface area contributed by atoms with Gasteiger partial charge in [-0.1, -0.05) is 26.0 Å². The molecule has 0 radical (unpaired) electrons. The Morgan fingerprint density at radius 1 is 1.04 bits per heavy atom. The zero-order chi connectivity index (χ0) is 18.4. The van der Waals surface area contributed by atoms with E-state index in [0.29, 0.717) is 0 Å². The van der Waals surface area contributed by atoms with Gasteiger partial charge in [0.1, 0.15) is 5.69 Å². The Morgan fingerprint density at radius 3 is 2.62 bits per heavy atom. The summed E-state index contributed by atoms with van der Waals surface area (Å²) >= 11 is 0. The van der Waals surface area contributed by atoms with Crippen molar-refractivity contribution in [3.63, 3.8) is 0 Å². The number of hydrogen-bond donors (Lipinski definition) is 1. The minimum atomic E-state index is -0.257. The molecule has 0 spiro atoms. The fraction of sp³-hybridized carbons (Fsp3) is 0.409. The molecule has 4 heteroatoms. The van der Waals surface area contributed by atoms with Gasteiger partial charge in [0.15, 0.2) is 0 Å². The van der Waals surface area contributed by atoms with E-state index in [-0.39, 0.29) is 10.8 Å². The quantitative estimate of drug-likeness (QED) is 0.740. The highest BCUT2D eigenvalue weighted by Crippen LogP contribution is 2.39. The molecule has 3 aromatic rings. The molecule has 134 valence electrons. The van der Waals surface area contributed by atoms with Crippen LogP contribution < -0.4 is 0 Å². The molecule has 0 amide bonds. The normalized spacial score (nSPS) is 16.3. The van der Waals surface area contributed by atoms with E-state index in [1.807, 2.05) is 18.3 Å². The third-order valence-corrected chi connectivity index (χ3v) is 5.71. The third-order valence-electron chi connectivity index (χ3n) is 5.71. The first kappa shape index (κ1) is 17.0. The van der Waals surface area contributed by atoms with Gasteiger partial charge >= 0.3 is 0 Å². The van der Waals surface area contributed by atoms with Gasteiger partial charge in [0, 0.05) is 28.3 Å². The summed E-state index contributed by atoms with van der Waals surface area (Å²) in [6, 6.07) is 12.3. The monoisotopic (exact) mass is 346 g/mol. The molecular formula is C22H26N4. The highest BCUT2D eigenvalue weighted by atomic mass is 15.1. The predicted molar refractivity (Wildman–Crippen MR) is 104 cm³/mol. The largest absolute Gasteiger partial charge is 0.281 e. The van der Waals surface area contributed by atoms with Crippen molar-refractivity contribution in [3.8, 4) is 11.4 Å². The lowest BCUT2D eigenvalue weighted by Crippen LogP contribution is -2.24. The fourth-order valence-electron chi connectivity index (χ4n) is 3.99. The standard InChI is InChI=1S/C22H26N4/c1-21(2)13-8-9-15-19(25-26-20(15)21)16-10-7-12-18(24-16)22(3,4)17-11-5-6-14-23-17/h5-7,10-12,14H,8-9,13H2,1-4H3,(H,25,26). The van der Waals surface area contributed by atoms with Crippen molar-refractivity contribution >= 4 is 0 Å². The van der Waals surface area contributed by atoms with E-state index >= 15 is 0 Å². The van der Waals surface area contributed by atoms with E-state index in [1.165, 1.54) is 24.1 Å². The summed E-state index contributed by atoms with van der Waals surface area (Å²) in [5.74, 6) is 0. The van der Waals surface area contributed by atoms with Gasteiger partial charge in [0.05, 0.1) is 17.1 Å². The number of fused-ring (bicyclic) bond motifs is 1. The van der Waals surface area contributed by atoms with Crippen LogP contribution in [-0.4, -0.2) is 20.2 Å². The Balaban J connectivity index is 1.77. The van der Waals surface area contributed by atoms with Gasteiger partial charge in [-0.25, -0.2) is 0 Å². The summed E-state index contributed by atoms with van der Waals surface area (Å²) in [4.78, 5) is 9.54. The van der Waals surface area contributed by atoms with Crippen molar-refractivity contribution < 1.29 is 0 Å². The number of nitrogens with zero attached hydrogens (tertiary/aromatic N) is 3. The maximum atomic E-state index is 5.00. The van der Waals surface area contributed by atoms with Crippen molar-refractivity contribution in [2.24, 2.45) is 0 Å². The molecular weight excluding hydrogens is 320 g/mol. The first-order valence-corrected chi connectivity index (χ1v) is 9.37. The van der Waals surface area contributed by atoms with Crippen LogP contribution in [0, 0.1) is 0 Å². The van der Waals surface area contributed by atoms with Gasteiger partial charge in [-0.2, -0.15) is 5.10 Å². The van der Waals surface area contributed by atoms with Crippen LogP contribution >= 0.6 is 0 Å². The summed E-state index contributed by atoms with van der Waals surface area (Å²) in [6.45, 7) is 8.93. The van der Waals surface area contributed by atoms with Gasteiger partial charge in [0.2, 0.25) is 0 Å². The highest BCUT2D eigenvalue weighted by Gasteiger charge is 2.32. The first-order valence-electron chi connectivity index (χ1n) is 9.37. The Morgan fingerprint density at radius 2 is 1.85 bits per heavy atom. The average molecular weight is 346 g/mol. The van der Waals surface area contributed by atoms with Crippen LogP contribution in [0.15, 0.2) is 42.6 Å². The summed E-state index contributed by atoms with van der Waals surface area (Å²) in [5.41, 5.74) is 6.50. The molecule has 0 unspecified atom stereocenters.